The van der Waals surface area contributed by atoms with Gasteiger partial charge in [-0.25, -0.2) is 0 Å². The minimum absolute atomic E-state index is 0.313. The van der Waals surface area contributed by atoms with Crippen LogP contribution in [0, 0.1) is 17.3 Å². The smallest absolute Gasteiger partial charge is 0.223 e. The van der Waals surface area contributed by atoms with E-state index in [0.29, 0.717) is 23.2 Å². The predicted octanol–water partition coefficient (Wildman–Crippen LogP) is 1.95. The summed E-state index contributed by atoms with van der Waals surface area (Å²) < 4.78 is 0. The molecular weight excluding hydrogens is 162 g/mol. The number of hydrogen-bond donors (Lipinski definition) is 1. The normalized spacial score (nSPS) is 37.8. The predicted molar refractivity (Wildman–Crippen MR) is 52.2 cm³/mol. The molecule has 2 atom stereocenters. The highest BCUT2D eigenvalue weighted by molar-refractivity contribution is 5.79. The molecule has 2 rings (SSSR count). The van der Waals surface area contributed by atoms with E-state index in [2.05, 4.69) is 19.2 Å². The molecule has 1 N–H and O–H groups in total. The molecule has 74 valence electrons. The van der Waals surface area contributed by atoms with Gasteiger partial charge in [0.05, 0.1) is 0 Å². The van der Waals surface area contributed by atoms with E-state index < -0.39 is 0 Å². The van der Waals surface area contributed by atoms with E-state index in [-0.39, 0.29) is 0 Å². The lowest BCUT2D eigenvalue weighted by Gasteiger charge is -2.32. The highest BCUT2D eigenvalue weighted by atomic mass is 16.1. The van der Waals surface area contributed by atoms with E-state index in [4.69, 9.17) is 0 Å². The summed E-state index contributed by atoms with van der Waals surface area (Å²) >= 11 is 0. The number of rotatable bonds is 0. The van der Waals surface area contributed by atoms with Crippen LogP contribution < -0.4 is 5.32 Å². The Morgan fingerprint density at radius 3 is 2.92 bits per heavy atom. The van der Waals surface area contributed by atoms with Gasteiger partial charge in [-0.3, -0.25) is 4.79 Å². The fraction of sp³-hybridized carbons (Fsp3) is 0.909. The molecule has 1 heterocycles. The first-order chi connectivity index (χ1) is 6.11. The van der Waals surface area contributed by atoms with E-state index >= 15 is 0 Å². The quantitative estimate of drug-likeness (QED) is 0.608. The molecule has 2 aliphatic rings. The van der Waals surface area contributed by atoms with Gasteiger partial charge < -0.3 is 5.32 Å². The Labute approximate surface area is 80.1 Å². The maximum Gasteiger partial charge on any atom is 0.223 e. The van der Waals surface area contributed by atoms with Crippen molar-refractivity contribution < 1.29 is 4.79 Å². The van der Waals surface area contributed by atoms with Gasteiger partial charge in [0.25, 0.3) is 0 Å². The monoisotopic (exact) mass is 181 g/mol. The molecule has 1 saturated heterocycles. The number of nitrogens with one attached hydrogen (secondary N) is 1. The zero-order valence-electron chi connectivity index (χ0n) is 8.60. The summed E-state index contributed by atoms with van der Waals surface area (Å²) in [6, 6.07) is 0. The highest BCUT2D eigenvalue weighted by Crippen LogP contribution is 2.46. The summed E-state index contributed by atoms with van der Waals surface area (Å²) in [4.78, 5) is 11.7. The van der Waals surface area contributed by atoms with Gasteiger partial charge in [-0.05, 0) is 30.6 Å². The van der Waals surface area contributed by atoms with Gasteiger partial charge in [0.2, 0.25) is 5.91 Å². The second-order valence-electron chi connectivity index (χ2n) is 5.17. The Kier molecular flexibility index (Phi) is 2.09. The molecule has 1 aliphatic heterocycles. The van der Waals surface area contributed by atoms with Crippen molar-refractivity contribution in [1.29, 1.82) is 0 Å². The first-order valence-electron chi connectivity index (χ1n) is 5.39. The first kappa shape index (κ1) is 9.04. The Morgan fingerprint density at radius 2 is 2.15 bits per heavy atom. The summed E-state index contributed by atoms with van der Waals surface area (Å²) in [5, 5.41) is 3.03. The summed E-state index contributed by atoms with van der Waals surface area (Å²) in [6.45, 7) is 5.51. The minimum Gasteiger partial charge on any atom is -0.356 e. The van der Waals surface area contributed by atoms with Crippen LogP contribution in [0.5, 0.6) is 0 Å². The second-order valence-corrected chi connectivity index (χ2v) is 5.17. The summed E-state index contributed by atoms with van der Waals surface area (Å²) in [7, 11) is 0. The average Bonchev–Trinajstić information content (AvgIpc) is 2.48. The van der Waals surface area contributed by atoms with Crippen LogP contribution in [0.4, 0.5) is 0 Å². The third-order valence-corrected chi connectivity index (χ3v) is 3.93. The van der Waals surface area contributed by atoms with Crippen molar-refractivity contribution in [2.24, 2.45) is 17.3 Å². The fourth-order valence-electron chi connectivity index (χ4n) is 3.03. The molecule has 2 nitrogen and oxygen atoms in total. The van der Waals surface area contributed by atoms with Gasteiger partial charge in [-0.1, -0.05) is 20.3 Å². The molecule has 2 heteroatoms. The van der Waals surface area contributed by atoms with Gasteiger partial charge in [0.1, 0.15) is 0 Å². The van der Waals surface area contributed by atoms with E-state index in [0.717, 1.165) is 19.4 Å². The fourth-order valence-corrected chi connectivity index (χ4v) is 3.03. The Hall–Kier alpha value is -0.530. The van der Waals surface area contributed by atoms with Gasteiger partial charge in [0.15, 0.2) is 0 Å². The van der Waals surface area contributed by atoms with E-state index in [9.17, 15) is 4.79 Å². The van der Waals surface area contributed by atoms with Gasteiger partial charge in [-0.15, -0.1) is 0 Å². The Morgan fingerprint density at radius 1 is 1.38 bits per heavy atom. The molecule has 1 aliphatic carbocycles. The summed E-state index contributed by atoms with van der Waals surface area (Å²) in [5.74, 6) is 1.26. The molecule has 1 saturated carbocycles. The van der Waals surface area contributed by atoms with Crippen LogP contribution in [-0.2, 0) is 4.79 Å². The average molecular weight is 181 g/mol. The maximum absolute atomic E-state index is 11.7. The number of carbonyl (C=O) groups is 1. The minimum atomic E-state index is 0.313. The summed E-state index contributed by atoms with van der Waals surface area (Å²) in [5.41, 5.74) is 0.361. The largest absolute Gasteiger partial charge is 0.356 e. The number of fused-ring (bicyclic) bond motifs is 1. The molecule has 2 fully saturated rings. The maximum atomic E-state index is 11.7. The van der Waals surface area contributed by atoms with Gasteiger partial charge in [0, 0.05) is 12.5 Å². The Balaban J connectivity index is 2.24. The van der Waals surface area contributed by atoms with Crippen molar-refractivity contribution in [3.05, 3.63) is 0 Å². The van der Waals surface area contributed by atoms with Gasteiger partial charge in [-0.2, -0.15) is 0 Å². The van der Waals surface area contributed by atoms with Crippen molar-refractivity contribution >= 4 is 5.91 Å². The van der Waals surface area contributed by atoms with Crippen LogP contribution in [0.3, 0.4) is 0 Å². The lowest BCUT2D eigenvalue weighted by molar-refractivity contribution is -0.126. The molecule has 0 aromatic carbocycles. The topological polar surface area (TPSA) is 29.1 Å². The molecule has 0 aromatic heterocycles. The van der Waals surface area contributed by atoms with Crippen LogP contribution in [0.2, 0.25) is 0 Å². The lowest BCUT2D eigenvalue weighted by Crippen LogP contribution is -2.31. The van der Waals surface area contributed by atoms with Crippen LogP contribution in [0.15, 0.2) is 0 Å². The number of amides is 1. The third-order valence-electron chi connectivity index (χ3n) is 3.93. The molecule has 0 spiro atoms. The molecule has 0 bridgehead atoms. The van der Waals surface area contributed by atoms with Crippen LogP contribution >= 0.6 is 0 Å². The second kappa shape index (κ2) is 3.00. The number of hydrogen-bond acceptors (Lipinski definition) is 1. The zero-order valence-corrected chi connectivity index (χ0v) is 8.60. The first-order valence-corrected chi connectivity index (χ1v) is 5.39. The molecule has 2 unspecified atom stereocenters. The third kappa shape index (κ3) is 1.47. The standard InChI is InChI=1S/C11H19NO/c1-11(2)6-7-12-10(13)8-4-3-5-9(8)11/h8-9H,3-7H2,1-2H3,(H,12,13). The number of carbonyl (C=O) groups excluding carboxylic acids is 1. The molecule has 1 amide bonds. The van der Waals surface area contributed by atoms with E-state index in [1.807, 2.05) is 0 Å². The Bertz CT molecular complexity index is 222. The van der Waals surface area contributed by atoms with Crippen molar-refractivity contribution in [2.45, 2.75) is 39.5 Å². The molecule has 13 heavy (non-hydrogen) atoms. The van der Waals surface area contributed by atoms with Crippen molar-refractivity contribution in [3.63, 3.8) is 0 Å². The summed E-state index contributed by atoms with van der Waals surface area (Å²) in [6.07, 6.45) is 4.75. The van der Waals surface area contributed by atoms with Crippen molar-refractivity contribution in [2.75, 3.05) is 6.54 Å². The highest BCUT2D eigenvalue weighted by Gasteiger charge is 2.43. The van der Waals surface area contributed by atoms with Crippen LogP contribution in [0.1, 0.15) is 39.5 Å². The SMILES string of the molecule is CC1(C)CCNC(=O)C2CCCC21. The van der Waals surface area contributed by atoms with E-state index in [1.165, 1.54) is 12.8 Å². The lowest BCUT2D eigenvalue weighted by atomic mass is 9.72. The van der Waals surface area contributed by atoms with Crippen molar-refractivity contribution in [1.82, 2.24) is 5.32 Å². The zero-order chi connectivity index (χ0) is 9.47. The molecule has 0 aromatic rings. The van der Waals surface area contributed by atoms with Crippen molar-refractivity contribution in [3.8, 4) is 0 Å². The van der Waals surface area contributed by atoms with E-state index in [1.54, 1.807) is 0 Å². The van der Waals surface area contributed by atoms with Gasteiger partial charge >= 0.3 is 0 Å². The van der Waals surface area contributed by atoms with Crippen LogP contribution in [0.25, 0.3) is 0 Å². The van der Waals surface area contributed by atoms with Crippen LogP contribution in [-0.4, -0.2) is 12.5 Å². The molecular formula is C11H19NO. The molecule has 0 radical (unpaired) electrons.